The SMILES string of the molecule is O=C(C[C@H]1Sc2ccc(C(F)(F)F)cc2NC1=O)NCc1cccnc1. The van der Waals surface area contributed by atoms with Crippen molar-refractivity contribution in [3.05, 3.63) is 53.9 Å². The first-order valence-corrected chi connectivity index (χ1v) is 8.55. The van der Waals surface area contributed by atoms with Gasteiger partial charge in [-0.2, -0.15) is 13.2 Å². The van der Waals surface area contributed by atoms with E-state index >= 15 is 0 Å². The van der Waals surface area contributed by atoms with Gasteiger partial charge in [-0.3, -0.25) is 14.6 Å². The van der Waals surface area contributed by atoms with E-state index in [1.165, 1.54) is 6.07 Å². The molecule has 2 amide bonds. The van der Waals surface area contributed by atoms with Crippen LogP contribution >= 0.6 is 11.8 Å². The van der Waals surface area contributed by atoms with Gasteiger partial charge >= 0.3 is 6.18 Å². The van der Waals surface area contributed by atoms with Gasteiger partial charge in [0, 0.05) is 30.3 Å². The van der Waals surface area contributed by atoms with Crippen LogP contribution in [-0.2, 0) is 22.3 Å². The minimum Gasteiger partial charge on any atom is -0.352 e. The van der Waals surface area contributed by atoms with Crippen molar-refractivity contribution in [1.29, 1.82) is 0 Å². The van der Waals surface area contributed by atoms with Crippen molar-refractivity contribution < 1.29 is 22.8 Å². The molecule has 9 heteroatoms. The smallest absolute Gasteiger partial charge is 0.352 e. The van der Waals surface area contributed by atoms with Gasteiger partial charge in [0.25, 0.3) is 0 Å². The third-order valence-corrected chi connectivity index (χ3v) is 4.98. The summed E-state index contributed by atoms with van der Waals surface area (Å²) < 4.78 is 38.3. The molecule has 0 unspecified atom stereocenters. The zero-order valence-electron chi connectivity index (χ0n) is 13.3. The lowest BCUT2D eigenvalue weighted by Gasteiger charge is -2.24. The lowest BCUT2D eigenvalue weighted by Crippen LogP contribution is -2.34. The predicted molar refractivity (Wildman–Crippen MR) is 90.4 cm³/mol. The summed E-state index contributed by atoms with van der Waals surface area (Å²) in [7, 11) is 0. The van der Waals surface area contributed by atoms with E-state index in [0.29, 0.717) is 4.90 Å². The maximum absolute atomic E-state index is 12.8. The van der Waals surface area contributed by atoms with Gasteiger partial charge in [-0.15, -0.1) is 11.8 Å². The second-order valence-electron chi connectivity index (χ2n) is 5.65. The molecule has 136 valence electrons. The second-order valence-corrected chi connectivity index (χ2v) is 6.89. The Hall–Kier alpha value is -2.55. The summed E-state index contributed by atoms with van der Waals surface area (Å²) in [5.74, 6) is -0.810. The molecule has 3 rings (SSSR count). The summed E-state index contributed by atoms with van der Waals surface area (Å²) in [6, 6.07) is 6.73. The van der Waals surface area contributed by atoms with Crippen LogP contribution in [0.1, 0.15) is 17.5 Å². The van der Waals surface area contributed by atoms with E-state index in [2.05, 4.69) is 15.6 Å². The van der Waals surface area contributed by atoms with Crippen molar-refractivity contribution in [3.63, 3.8) is 0 Å². The molecule has 2 heterocycles. The minimum atomic E-state index is -4.48. The average Bonchev–Trinajstić information content (AvgIpc) is 2.60. The van der Waals surface area contributed by atoms with E-state index in [9.17, 15) is 22.8 Å². The molecule has 0 aliphatic carbocycles. The molecule has 0 bridgehead atoms. The topological polar surface area (TPSA) is 71.1 Å². The van der Waals surface area contributed by atoms with Crippen LogP contribution in [0.5, 0.6) is 0 Å². The number of halogens is 3. The monoisotopic (exact) mass is 381 g/mol. The Morgan fingerprint density at radius 3 is 2.81 bits per heavy atom. The molecular formula is C17H14F3N3O2S. The molecule has 26 heavy (non-hydrogen) atoms. The quantitative estimate of drug-likeness (QED) is 0.853. The number of aromatic nitrogens is 1. The number of carbonyl (C=O) groups is 2. The van der Waals surface area contributed by atoms with Gasteiger partial charge in [0.2, 0.25) is 11.8 Å². The van der Waals surface area contributed by atoms with Crippen LogP contribution in [0.4, 0.5) is 18.9 Å². The van der Waals surface area contributed by atoms with Gasteiger partial charge in [-0.25, -0.2) is 0 Å². The standard InChI is InChI=1S/C17H14F3N3O2S/c18-17(19,20)11-3-4-13-12(6-11)23-16(25)14(26-13)7-15(24)22-9-10-2-1-5-21-8-10/h1-6,8,14H,7,9H2,(H,22,24)(H,23,25)/t14-/m1/s1. The molecule has 0 fully saturated rings. The van der Waals surface area contributed by atoms with Gasteiger partial charge in [0.1, 0.15) is 0 Å². The van der Waals surface area contributed by atoms with Crippen LogP contribution in [0.25, 0.3) is 0 Å². The maximum Gasteiger partial charge on any atom is 0.416 e. The maximum atomic E-state index is 12.8. The number of hydrogen-bond donors (Lipinski definition) is 2. The van der Waals surface area contributed by atoms with Crippen LogP contribution < -0.4 is 10.6 Å². The van der Waals surface area contributed by atoms with Gasteiger partial charge in [-0.1, -0.05) is 6.07 Å². The summed E-state index contributed by atoms with van der Waals surface area (Å²) >= 11 is 1.08. The summed E-state index contributed by atoms with van der Waals surface area (Å²) in [6.07, 6.45) is -1.31. The third-order valence-electron chi connectivity index (χ3n) is 3.71. The van der Waals surface area contributed by atoms with Crippen LogP contribution in [0.15, 0.2) is 47.6 Å². The predicted octanol–water partition coefficient (Wildman–Crippen LogP) is 3.22. The van der Waals surface area contributed by atoms with Crippen molar-refractivity contribution in [2.45, 2.75) is 29.3 Å². The second kappa shape index (κ2) is 7.36. The number of fused-ring (bicyclic) bond motifs is 1. The Morgan fingerprint density at radius 1 is 1.31 bits per heavy atom. The Balaban J connectivity index is 1.62. The Labute approximate surface area is 151 Å². The van der Waals surface area contributed by atoms with Gasteiger partial charge in [0.15, 0.2) is 0 Å². The van der Waals surface area contributed by atoms with Gasteiger partial charge < -0.3 is 10.6 Å². The zero-order chi connectivity index (χ0) is 18.7. The van der Waals surface area contributed by atoms with Crippen LogP contribution in [0, 0.1) is 0 Å². The van der Waals surface area contributed by atoms with E-state index in [0.717, 1.165) is 29.5 Å². The number of amides is 2. The van der Waals surface area contributed by atoms with Crippen molar-refractivity contribution in [2.75, 3.05) is 5.32 Å². The van der Waals surface area contributed by atoms with Crippen LogP contribution in [0.2, 0.25) is 0 Å². The molecule has 1 aliphatic rings. The molecule has 0 saturated carbocycles. The highest BCUT2D eigenvalue weighted by Gasteiger charge is 2.34. The van der Waals surface area contributed by atoms with Crippen molar-refractivity contribution in [1.82, 2.24) is 10.3 Å². The van der Waals surface area contributed by atoms with Crippen molar-refractivity contribution in [3.8, 4) is 0 Å². The number of thioether (sulfide) groups is 1. The Bertz CT molecular complexity index is 828. The number of nitrogens with one attached hydrogen (secondary N) is 2. The Morgan fingerprint density at radius 2 is 2.12 bits per heavy atom. The number of pyridine rings is 1. The fraction of sp³-hybridized carbons (Fsp3) is 0.235. The lowest BCUT2D eigenvalue weighted by molar-refractivity contribution is -0.137. The number of alkyl halides is 3. The molecule has 0 saturated heterocycles. The summed E-state index contributed by atoms with van der Waals surface area (Å²) in [6.45, 7) is 0.289. The van der Waals surface area contributed by atoms with Gasteiger partial charge in [-0.05, 0) is 29.8 Å². The molecular weight excluding hydrogens is 367 g/mol. The summed E-state index contributed by atoms with van der Waals surface area (Å²) in [5, 5.41) is 4.45. The summed E-state index contributed by atoms with van der Waals surface area (Å²) in [4.78, 5) is 28.6. The number of hydrogen-bond acceptors (Lipinski definition) is 4. The molecule has 2 N–H and O–H groups in total. The molecule has 0 radical (unpaired) electrons. The zero-order valence-corrected chi connectivity index (χ0v) is 14.2. The molecule has 1 aromatic heterocycles. The van der Waals surface area contributed by atoms with Gasteiger partial charge in [0.05, 0.1) is 16.5 Å². The van der Waals surface area contributed by atoms with Crippen LogP contribution in [-0.4, -0.2) is 22.0 Å². The molecule has 2 aromatic rings. The average molecular weight is 381 g/mol. The molecule has 5 nitrogen and oxygen atoms in total. The molecule has 1 aromatic carbocycles. The highest BCUT2D eigenvalue weighted by molar-refractivity contribution is 8.01. The molecule has 0 spiro atoms. The van der Waals surface area contributed by atoms with E-state index in [-0.39, 0.29) is 24.6 Å². The highest BCUT2D eigenvalue weighted by atomic mass is 32.2. The van der Waals surface area contributed by atoms with Crippen molar-refractivity contribution >= 4 is 29.3 Å². The van der Waals surface area contributed by atoms with E-state index in [4.69, 9.17) is 0 Å². The van der Waals surface area contributed by atoms with E-state index < -0.39 is 22.9 Å². The first-order chi connectivity index (χ1) is 12.3. The normalized spacial score (nSPS) is 16.6. The number of anilines is 1. The highest BCUT2D eigenvalue weighted by Crippen LogP contribution is 2.40. The minimum absolute atomic E-state index is 0.0722. The number of rotatable bonds is 4. The van der Waals surface area contributed by atoms with E-state index in [1.807, 2.05) is 6.07 Å². The Kier molecular flexibility index (Phi) is 5.17. The fourth-order valence-electron chi connectivity index (χ4n) is 2.41. The summed E-state index contributed by atoms with van der Waals surface area (Å²) in [5.41, 5.74) is 0.110. The lowest BCUT2D eigenvalue weighted by atomic mass is 10.1. The third kappa shape index (κ3) is 4.34. The number of benzene rings is 1. The molecule has 1 aliphatic heterocycles. The first kappa shape index (κ1) is 18.2. The van der Waals surface area contributed by atoms with E-state index in [1.54, 1.807) is 18.5 Å². The number of nitrogens with zero attached hydrogens (tertiary/aromatic N) is 1. The van der Waals surface area contributed by atoms with Crippen LogP contribution in [0.3, 0.4) is 0 Å². The molecule has 1 atom stereocenters. The largest absolute Gasteiger partial charge is 0.416 e. The van der Waals surface area contributed by atoms with Crippen molar-refractivity contribution in [2.24, 2.45) is 0 Å². The fourth-order valence-corrected chi connectivity index (χ4v) is 3.50. The number of carbonyl (C=O) groups excluding carboxylic acids is 2. The first-order valence-electron chi connectivity index (χ1n) is 7.67.